The van der Waals surface area contributed by atoms with E-state index in [0.29, 0.717) is 12.1 Å². The quantitative estimate of drug-likeness (QED) is 0.907. The zero-order valence-electron chi connectivity index (χ0n) is 12.2. The van der Waals surface area contributed by atoms with Gasteiger partial charge < -0.3 is 15.0 Å². The SMILES string of the molecule is CCC(SC(=O)N(C)C)C(=O)Nc1ccc(OC)cc1. The van der Waals surface area contributed by atoms with E-state index < -0.39 is 5.25 Å². The van der Waals surface area contributed by atoms with Gasteiger partial charge in [-0.05, 0) is 30.7 Å². The summed E-state index contributed by atoms with van der Waals surface area (Å²) in [6.45, 7) is 1.88. The fourth-order valence-electron chi connectivity index (χ4n) is 1.45. The predicted octanol–water partition coefficient (Wildman–Crippen LogP) is 2.83. The van der Waals surface area contributed by atoms with E-state index >= 15 is 0 Å². The van der Waals surface area contributed by atoms with Crippen LogP contribution in [0.4, 0.5) is 10.5 Å². The van der Waals surface area contributed by atoms with Crippen molar-refractivity contribution < 1.29 is 14.3 Å². The first-order valence-electron chi connectivity index (χ1n) is 6.30. The smallest absolute Gasteiger partial charge is 0.281 e. The minimum absolute atomic E-state index is 0.123. The van der Waals surface area contributed by atoms with Crippen molar-refractivity contribution in [2.24, 2.45) is 0 Å². The summed E-state index contributed by atoms with van der Waals surface area (Å²) >= 11 is 1.04. The number of methoxy groups -OCH3 is 1. The van der Waals surface area contributed by atoms with Gasteiger partial charge in [-0.1, -0.05) is 18.7 Å². The van der Waals surface area contributed by atoms with Crippen LogP contribution < -0.4 is 10.1 Å². The number of thioether (sulfide) groups is 1. The fourth-order valence-corrected chi connectivity index (χ4v) is 2.23. The summed E-state index contributed by atoms with van der Waals surface area (Å²) in [6, 6.07) is 7.08. The second-order valence-corrected chi connectivity index (χ2v) is 5.55. The molecule has 0 aliphatic carbocycles. The highest BCUT2D eigenvalue weighted by Crippen LogP contribution is 2.21. The molecule has 1 atom stereocenters. The molecule has 0 aliphatic rings. The number of hydrogen-bond donors (Lipinski definition) is 1. The topological polar surface area (TPSA) is 58.6 Å². The molecular formula is C14H20N2O3S. The molecule has 1 unspecified atom stereocenters. The molecular weight excluding hydrogens is 276 g/mol. The van der Waals surface area contributed by atoms with Crippen LogP contribution in [-0.4, -0.2) is 42.5 Å². The molecule has 0 radical (unpaired) electrons. The Bertz CT molecular complexity index is 460. The Morgan fingerprint density at radius 1 is 1.30 bits per heavy atom. The molecule has 1 N–H and O–H groups in total. The van der Waals surface area contributed by atoms with Gasteiger partial charge in [0.15, 0.2) is 0 Å². The van der Waals surface area contributed by atoms with E-state index in [2.05, 4.69) is 5.32 Å². The van der Waals surface area contributed by atoms with Crippen LogP contribution in [0.15, 0.2) is 24.3 Å². The minimum atomic E-state index is -0.396. The van der Waals surface area contributed by atoms with Crippen LogP contribution in [0.3, 0.4) is 0 Å². The highest BCUT2D eigenvalue weighted by molar-refractivity contribution is 8.14. The maximum atomic E-state index is 12.1. The first kappa shape index (κ1) is 16.4. The number of benzene rings is 1. The van der Waals surface area contributed by atoms with Crippen LogP contribution in [0.2, 0.25) is 0 Å². The number of hydrogen-bond acceptors (Lipinski definition) is 4. The molecule has 2 amide bonds. The molecule has 110 valence electrons. The fraction of sp³-hybridized carbons (Fsp3) is 0.429. The van der Waals surface area contributed by atoms with Gasteiger partial charge in [-0.3, -0.25) is 9.59 Å². The monoisotopic (exact) mass is 296 g/mol. The summed E-state index contributed by atoms with van der Waals surface area (Å²) in [5.74, 6) is 0.560. The summed E-state index contributed by atoms with van der Waals surface area (Å²) in [5.41, 5.74) is 0.687. The minimum Gasteiger partial charge on any atom is -0.497 e. The van der Waals surface area contributed by atoms with Crippen molar-refractivity contribution >= 4 is 28.6 Å². The van der Waals surface area contributed by atoms with E-state index in [0.717, 1.165) is 17.5 Å². The van der Waals surface area contributed by atoms with Gasteiger partial charge >= 0.3 is 0 Å². The lowest BCUT2D eigenvalue weighted by Gasteiger charge is -2.16. The van der Waals surface area contributed by atoms with E-state index in [4.69, 9.17) is 4.74 Å². The molecule has 6 heteroatoms. The number of carbonyl (C=O) groups excluding carboxylic acids is 2. The Labute approximate surface area is 123 Å². The first-order chi connectivity index (χ1) is 9.47. The molecule has 5 nitrogen and oxygen atoms in total. The highest BCUT2D eigenvalue weighted by Gasteiger charge is 2.21. The summed E-state index contributed by atoms with van der Waals surface area (Å²) < 4.78 is 5.05. The Balaban J connectivity index is 2.64. The third-order valence-corrected chi connectivity index (χ3v) is 4.03. The van der Waals surface area contributed by atoms with Gasteiger partial charge in [0, 0.05) is 19.8 Å². The zero-order chi connectivity index (χ0) is 15.1. The maximum absolute atomic E-state index is 12.1. The van der Waals surface area contributed by atoms with Crippen LogP contribution in [0.5, 0.6) is 5.75 Å². The van der Waals surface area contributed by atoms with Crippen molar-refractivity contribution in [3.05, 3.63) is 24.3 Å². The van der Waals surface area contributed by atoms with E-state index in [1.54, 1.807) is 45.5 Å². The molecule has 0 saturated heterocycles. The number of amides is 2. The zero-order valence-corrected chi connectivity index (χ0v) is 13.0. The molecule has 0 spiro atoms. The van der Waals surface area contributed by atoms with E-state index in [1.807, 2.05) is 6.92 Å². The Kier molecular flexibility index (Phi) is 6.38. The molecule has 0 aliphatic heterocycles. The Hall–Kier alpha value is -1.69. The van der Waals surface area contributed by atoms with Crippen LogP contribution in [0, 0.1) is 0 Å². The lowest BCUT2D eigenvalue weighted by molar-refractivity contribution is -0.115. The normalized spacial score (nSPS) is 11.6. The lowest BCUT2D eigenvalue weighted by atomic mass is 10.2. The molecule has 0 aromatic heterocycles. The predicted molar refractivity (Wildman–Crippen MR) is 82.4 cm³/mol. The number of ether oxygens (including phenoxy) is 1. The highest BCUT2D eigenvalue weighted by atomic mass is 32.2. The van der Waals surface area contributed by atoms with Crippen LogP contribution in [-0.2, 0) is 4.79 Å². The third kappa shape index (κ3) is 4.77. The van der Waals surface area contributed by atoms with Gasteiger partial charge in [0.05, 0.1) is 12.4 Å². The van der Waals surface area contributed by atoms with Crippen molar-refractivity contribution in [2.75, 3.05) is 26.5 Å². The average molecular weight is 296 g/mol. The van der Waals surface area contributed by atoms with Crippen LogP contribution in [0.1, 0.15) is 13.3 Å². The molecule has 1 aromatic carbocycles. The van der Waals surface area contributed by atoms with Crippen molar-refractivity contribution in [1.82, 2.24) is 4.90 Å². The summed E-state index contributed by atoms with van der Waals surface area (Å²) in [7, 11) is 4.93. The third-order valence-electron chi connectivity index (χ3n) is 2.63. The number of rotatable bonds is 5. The van der Waals surface area contributed by atoms with Gasteiger partial charge in [0.2, 0.25) is 5.91 Å². The van der Waals surface area contributed by atoms with Gasteiger partial charge in [-0.25, -0.2) is 0 Å². The van der Waals surface area contributed by atoms with Crippen molar-refractivity contribution in [1.29, 1.82) is 0 Å². The largest absolute Gasteiger partial charge is 0.497 e. The molecule has 0 fully saturated rings. The Morgan fingerprint density at radius 2 is 1.90 bits per heavy atom. The van der Waals surface area contributed by atoms with E-state index in [1.165, 1.54) is 4.90 Å². The second-order valence-electron chi connectivity index (χ2n) is 4.39. The molecule has 0 heterocycles. The van der Waals surface area contributed by atoms with E-state index in [9.17, 15) is 9.59 Å². The number of nitrogens with one attached hydrogen (secondary N) is 1. The summed E-state index contributed by atoms with van der Waals surface area (Å²) in [4.78, 5) is 25.2. The van der Waals surface area contributed by atoms with Crippen molar-refractivity contribution in [3.63, 3.8) is 0 Å². The average Bonchev–Trinajstić information content (AvgIpc) is 2.44. The molecule has 0 saturated carbocycles. The van der Waals surface area contributed by atoms with Gasteiger partial charge in [-0.2, -0.15) is 0 Å². The number of nitrogens with zero attached hydrogens (tertiary/aromatic N) is 1. The van der Waals surface area contributed by atoms with E-state index in [-0.39, 0.29) is 11.1 Å². The van der Waals surface area contributed by atoms with Gasteiger partial charge in [0.1, 0.15) is 5.75 Å². The van der Waals surface area contributed by atoms with Crippen molar-refractivity contribution in [2.45, 2.75) is 18.6 Å². The van der Waals surface area contributed by atoms with Gasteiger partial charge in [-0.15, -0.1) is 0 Å². The lowest BCUT2D eigenvalue weighted by Crippen LogP contribution is -2.28. The maximum Gasteiger partial charge on any atom is 0.281 e. The summed E-state index contributed by atoms with van der Waals surface area (Å²) in [6.07, 6.45) is 0.590. The Morgan fingerprint density at radius 3 is 2.35 bits per heavy atom. The standard InChI is InChI=1S/C14H20N2O3S/c1-5-12(20-14(18)16(2)3)13(17)15-10-6-8-11(19-4)9-7-10/h6-9,12H,5H2,1-4H3,(H,15,17). The molecule has 1 rings (SSSR count). The number of anilines is 1. The molecule has 20 heavy (non-hydrogen) atoms. The molecule has 1 aromatic rings. The first-order valence-corrected chi connectivity index (χ1v) is 7.18. The van der Waals surface area contributed by atoms with Crippen LogP contribution >= 0.6 is 11.8 Å². The summed E-state index contributed by atoms with van der Waals surface area (Å²) in [5, 5.41) is 2.28. The van der Waals surface area contributed by atoms with Crippen LogP contribution in [0.25, 0.3) is 0 Å². The second kappa shape index (κ2) is 7.79. The van der Waals surface area contributed by atoms with Gasteiger partial charge in [0.25, 0.3) is 5.24 Å². The molecule has 0 bridgehead atoms. The number of carbonyl (C=O) groups is 2. The van der Waals surface area contributed by atoms with Crippen molar-refractivity contribution in [3.8, 4) is 5.75 Å².